The van der Waals surface area contributed by atoms with Gasteiger partial charge in [0.15, 0.2) is 17.5 Å². The van der Waals surface area contributed by atoms with E-state index in [0.29, 0.717) is 36.3 Å². The summed E-state index contributed by atoms with van der Waals surface area (Å²) < 4.78 is 19.9. The smallest absolute Gasteiger partial charge is 0.251 e. The number of hydrogen-bond donors (Lipinski definition) is 3. The highest BCUT2D eigenvalue weighted by molar-refractivity contribution is 5.94. The topological polar surface area (TPSA) is 74.8 Å². The van der Waals surface area contributed by atoms with Crippen LogP contribution >= 0.6 is 0 Å². The summed E-state index contributed by atoms with van der Waals surface area (Å²) in [5.41, 5.74) is 2.51. The Morgan fingerprint density at radius 2 is 2.06 bits per heavy atom. The summed E-state index contributed by atoms with van der Waals surface area (Å²) in [6.07, 6.45) is 3.08. The third kappa shape index (κ3) is 6.70. The first-order chi connectivity index (χ1) is 15.0. The number of nitrogens with one attached hydrogen (secondary N) is 3. The second-order valence-corrected chi connectivity index (χ2v) is 7.84. The van der Waals surface area contributed by atoms with Crippen molar-refractivity contribution >= 4 is 11.9 Å². The van der Waals surface area contributed by atoms with E-state index in [1.807, 2.05) is 31.2 Å². The minimum absolute atomic E-state index is 0.0997. The zero-order valence-corrected chi connectivity index (χ0v) is 18.4. The zero-order valence-electron chi connectivity index (χ0n) is 18.4. The Hall–Kier alpha value is -3.09. The summed E-state index contributed by atoms with van der Waals surface area (Å²) in [7, 11) is 3.32. The van der Waals surface area contributed by atoms with Crippen molar-refractivity contribution in [2.75, 3.05) is 27.2 Å². The quantitative estimate of drug-likeness (QED) is 0.424. The molecule has 1 saturated carbocycles. The molecular formula is C24H31FN4O2. The molecule has 31 heavy (non-hydrogen) atoms. The molecule has 1 atom stereocenters. The van der Waals surface area contributed by atoms with E-state index in [4.69, 9.17) is 4.74 Å². The number of halogens is 1. The van der Waals surface area contributed by atoms with E-state index >= 15 is 0 Å². The first-order valence-electron chi connectivity index (χ1n) is 10.7. The second kappa shape index (κ2) is 10.8. The molecule has 7 heteroatoms. The first-order valence-corrected chi connectivity index (χ1v) is 10.7. The van der Waals surface area contributed by atoms with Crippen LogP contribution in [-0.4, -0.2) is 39.1 Å². The fourth-order valence-corrected chi connectivity index (χ4v) is 3.22. The lowest BCUT2D eigenvalue weighted by atomic mass is 10.1. The zero-order chi connectivity index (χ0) is 22.2. The van der Waals surface area contributed by atoms with Gasteiger partial charge in [-0.1, -0.05) is 18.2 Å². The van der Waals surface area contributed by atoms with Crippen LogP contribution in [0.5, 0.6) is 5.75 Å². The molecule has 0 bridgehead atoms. The van der Waals surface area contributed by atoms with Gasteiger partial charge in [0.05, 0.1) is 12.6 Å². The van der Waals surface area contributed by atoms with Crippen molar-refractivity contribution in [3.05, 3.63) is 65.0 Å². The Kier molecular flexibility index (Phi) is 7.87. The number of carbonyl (C=O) groups excluding carboxylic acids is 1. The fraction of sp³-hybridized carbons (Fsp3) is 0.417. The van der Waals surface area contributed by atoms with Crippen LogP contribution in [0.3, 0.4) is 0 Å². The van der Waals surface area contributed by atoms with E-state index in [1.54, 1.807) is 26.2 Å². The van der Waals surface area contributed by atoms with E-state index in [0.717, 1.165) is 17.5 Å². The molecule has 1 amide bonds. The van der Waals surface area contributed by atoms with Crippen molar-refractivity contribution in [2.45, 2.75) is 32.2 Å². The maximum absolute atomic E-state index is 14.4. The molecule has 3 N–H and O–H groups in total. The number of ether oxygens (including phenoxy) is 1. The largest absolute Gasteiger partial charge is 0.490 e. The maximum atomic E-state index is 14.4. The maximum Gasteiger partial charge on any atom is 0.251 e. The third-order valence-electron chi connectivity index (χ3n) is 5.33. The van der Waals surface area contributed by atoms with Gasteiger partial charge in [-0.3, -0.25) is 9.79 Å². The molecule has 0 radical (unpaired) electrons. The standard InChI is InChI=1S/C24H31FN4O2/c1-16(19-9-10-22(21(25)14-19)31-15-18-7-8-18)29-24(27-3)28-12-11-17-5-4-6-20(13-17)23(30)26-2/h4-6,9-10,13-14,16,18H,7-8,11-12,15H2,1-3H3,(H,26,30)(H2,27,28,29). The number of hydrogen-bond acceptors (Lipinski definition) is 3. The van der Waals surface area contributed by atoms with Crippen LogP contribution < -0.4 is 20.7 Å². The Balaban J connectivity index is 1.50. The van der Waals surface area contributed by atoms with Gasteiger partial charge < -0.3 is 20.7 Å². The van der Waals surface area contributed by atoms with E-state index in [9.17, 15) is 9.18 Å². The van der Waals surface area contributed by atoms with Crippen LogP contribution in [0.1, 0.15) is 47.3 Å². The second-order valence-electron chi connectivity index (χ2n) is 7.84. The van der Waals surface area contributed by atoms with Gasteiger partial charge in [-0.15, -0.1) is 0 Å². The predicted molar refractivity (Wildman–Crippen MR) is 121 cm³/mol. The van der Waals surface area contributed by atoms with Crippen molar-refractivity contribution < 1.29 is 13.9 Å². The van der Waals surface area contributed by atoms with E-state index in [1.165, 1.54) is 18.9 Å². The molecule has 3 rings (SSSR count). The third-order valence-corrected chi connectivity index (χ3v) is 5.33. The van der Waals surface area contributed by atoms with E-state index in [-0.39, 0.29) is 17.8 Å². The normalized spacial score (nSPS) is 14.6. The van der Waals surface area contributed by atoms with Gasteiger partial charge in [-0.2, -0.15) is 0 Å². The number of carbonyl (C=O) groups is 1. The Morgan fingerprint density at radius 1 is 1.26 bits per heavy atom. The molecule has 2 aromatic carbocycles. The summed E-state index contributed by atoms with van der Waals surface area (Å²) >= 11 is 0. The lowest BCUT2D eigenvalue weighted by Crippen LogP contribution is -2.39. The van der Waals surface area contributed by atoms with Crippen LogP contribution in [0, 0.1) is 11.7 Å². The van der Waals surface area contributed by atoms with Gasteiger partial charge in [-0.25, -0.2) is 4.39 Å². The van der Waals surface area contributed by atoms with Crippen molar-refractivity contribution in [3.63, 3.8) is 0 Å². The first kappa shape index (κ1) is 22.6. The molecule has 1 unspecified atom stereocenters. The number of guanidine groups is 1. The molecule has 166 valence electrons. The Labute approximate surface area is 183 Å². The summed E-state index contributed by atoms with van der Waals surface area (Å²) in [6, 6.07) is 12.5. The van der Waals surface area contributed by atoms with Gasteiger partial charge in [-0.05, 0) is 67.5 Å². The predicted octanol–water partition coefficient (Wildman–Crippen LogP) is 3.44. The van der Waals surface area contributed by atoms with Gasteiger partial charge in [0, 0.05) is 26.2 Å². The Morgan fingerprint density at radius 3 is 2.74 bits per heavy atom. The minimum Gasteiger partial charge on any atom is -0.490 e. The molecule has 0 aliphatic heterocycles. The molecule has 0 aromatic heterocycles. The average molecular weight is 427 g/mol. The molecule has 6 nitrogen and oxygen atoms in total. The fourth-order valence-electron chi connectivity index (χ4n) is 3.22. The highest BCUT2D eigenvalue weighted by Crippen LogP contribution is 2.30. The lowest BCUT2D eigenvalue weighted by molar-refractivity contribution is 0.0963. The monoisotopic (exact) mass is 426 g/mol. The number of nitrogens with zero attached hydrogens (tertiary/aromatic N) is 1. The van der Waals surface area contributed by atoms with Crippen LogP contribution in [0.15, 0.2) is 47.5 Å². The van der Waals surface area contributed by atoms with Crippen LogP contribution in [0.4, 0.5) is 4.39 Å². The summed E-state index contributed by atoms with van der Waals surface area (Å²) in [5, 5.41) is 9.18. The molecule has 0 spiro atoms. The van der Waals surface area contributed by atoms with Gasteiger partial charge in [0.25, 0.3) is 5.91 Å². The number of amides is 1. The van der Waals surface area contributed by atoms with Crippen molar-refractivity contribution in [2.24, 2.45) is 10.9 Å². The highest BCUT2D eigenvalue weighted by atomic mass is 19.1. The molecule has 2 aromatic rings. The molecular weight excluding hydrogens is 395 g/mol. The SMILES string of the molecule is CN=C(NCCc1cccc(C(=O)NC)c1)NC(C)c1ccc(OCC2CC2)c(F)c1. The van der Waals surface area contributed by atoms with E-state index < -0.39 is 0 Å². The van der Waals surface area contributed by atoms with Gasteiger partial charge in [0.1, 0.15) is 0 Å². The van der Waals surface area contributed by atoms with Crippen molar-refractivity contribution in [1.82, 2.24) is 16.0 Å². The van der Waals surface area contributed by atoms with E-state index in [2.05, 4.69) is 20.9 Å². The number of benzene rings is 2. The molecule has 1 aliphatic carbocycles. The summed E-state index contributed by atoms with van der Waals surface area (Å²) in [6.45, 7) is 3.19. The van der Waals surface area contributed by atoms with Crippen molar-refractivity contribution in [3.8, 4) is 5.75 Å². The number of aliphatic imine (C=N–C) groups is 1. The Bertz CT molecular complexity index is 928. The highest BCUT2D eigenvalue weighted by Gasteiger charge is 2.22. The molecule has 1 aliphatic rings. The summed E-state index contributed by atoms with van der Waals surface area (Å²) in [4.78, 5) is 16.0. The average Bonchev–Trinajstić information content (AvgIpc) is 3.61. The molecule has 1 fully saturated rings. The van der Waals surface area contributed by atoms with Gasteiger partial charge >= 0.3 is 0 Å². The van der Waals surface area contributed by atoms with Gasteiger partial charge in [0.2, 0.25) is 0 Å². The molecule has 0 saturated heterocycles. The number of rotatable bonds is 9. The molecule has 0 heterocycles. The minimum atomic E-state index is -0.342. The van der Waals surface area contributed by atoms with Crippen molar-refractivity contribution in [1.29, 1.82) is 0 Å². The van der Waals surface area contributed by atoms with Crippen LogP contribution in [0.2, 0.25) is 0 Å². The lowest BCUT2D eigenvalue weighted by Gasteiger charge is -2.19. The van der Waals surface area contributed by atoms with Crippen LogP contribution in [0.25, 0.3) is 0 Å². The summed E-state index contributed by atoms with van der Waals surface area (Å²) in [5.74, 6) is 1.08. The van der Waals surface area contributed by atoms with Crippen LogP contribution in [-0.2, 0) is 6.42 Å².